The van der Waals surface area contributed by atoms with E-state index in [4.69, 9.17) is 0 Å². The Morgan fingerprint density at radius 1 is 1.07 bits per heavy atom. The van der Waals surface area contributed by atoms with Crippen molar-refractivity contribution in [1.82, 2.24) is 0 Å². The summed E-state index contributed by atoms with van der Waals surface area (Å²) in [5.74, 6) is 0. The van der Waals surface area contributed by atoms with Crippen molar-refractivity contribution >= 4 is 8.07 Å². The third kappa shape index (κ3) is 6.42. The fourth-order valence-corrected chi connectivity index (χ4v) is 3.52. The number of hydrogen-bond donors (Lipinski definition) is 0. The summed E-state index contributed by atoms with van der Waals surface area (Å²) in [4.78, 5) is 0. The van der Waals surface area contributed by atoms with Crippen molar-refractivity contribution in [2.24, 2.45) is 0 Å². The fourth-order valence-electron chi connectivity index (χ4n) is 1.73. The van der Waals surface area contributed by atoms with E-state index in [0.717, 1.165) is 5.54 Å². The number of allylic oxidation sites excluding steroid dienone is 2. The minimum Gasteiger partial charge on any atom is -0.0888 e. The van der Waals surface area contributed by atoms with Gasteiger partial charge < -0.3 is 0 Å². The molecule has 0 heterocycles. The number of rotatable bonds is 7. The molecule has 0 N–H and O–H groups in total. The lowest BCUT2D eigenvalue weighted by molar-refractivity contribution is 0.665. The highest BCUT2D eigenvalue weighted by Gasteiger charge is 2.23. The molecule has 0 aliphatic heterocycles. The van der Waals surface area contributed by atoms with E-state index in [2.05, 4.69) is 45.6 Å². The topological polar surface area (TPSA) is 0 Å². The van der Waals surface area contributed by atoms with Crippen LogP contribution in [0.3, 0.4) is 0 Å². The maximum absolute atomic E-state index is 2.49. The highest BCUT2D eigenvalue weighted by atomic mass is 28.3. The van der Waals surface area contributed by atoms with Crippen molar-refractivity contribution in [1.29, 1.82) is 0 Å². The van der Waals surface area contributed by atoms with Crippen LogP contribution < -0.4 is 0 Å². The summed E-state index contributed by atoms with van der Waals surface area (Å²) in [6, 6.07) is 0. The van der Waals surface area contributed by atoms with Gasteiger partial charge in [-0.05, 0) is 18.4 Å². The van der Waals surface area contributed by atoms with Gasteiger partial charge in [0.25, 0.3) is 0 Å². The van der Waals surface area contributed by atoms with Gasteiger partial charge in [0.05, 0.1) is 8.07 Å². The molecule has 0 saturated carbocycles. The molecule has 1 atom stereocenters. The Labute approximate surface area is 91.8 Å². The fraction of sp³-hybridized carbons (Fsp3) is 0.846. The quantitative estimate of drug-likeness (QED) is 0.307. The van der Waals surface area contributed by atoms with Crippen LogP contribution in [0.4, 0.5) is 0 Å². The molecule has 0 fully saturated rings. The molecule has 0 aromatic rings. The molecule has 0 amide bonds. The van der Waals surface area contributed by atoms with Crippen LogP contribution >= 0.6 is 0 Å². The van der Waals surface area contributed by atoms with Gasteiger partial charge in [-0.3, -0.25) is 0 Å². The van der Waals surface area contributed by atoms with E-state index in [9.17, 15) is 0 Å². The smallest absolute Gasteiger partial charge is 0.0513 e. The van der Waals surface area contributed by atoms with E-state index >= 15 is 0 Å². The second kappa shape index (κ2) is 7.28. The van der Waals surface area contributed by atoms with Gasteiger partial charge in [0.15, 0.2) is 0 Å². The van der Waals surface area contributed by atoms with Crippen LogP contribution in [0, 0.1) is 0 Å². The summed E-state index contributed by atoms with van der Waals surface area (Å²) >= 11 is 0. The standard InChI is InChI=1S/C13H28Si/c1-6-8-10-12-13(11-9-7-2)14(3,4)5/h9,11,13H,6-8,10,12H2,1-5H3/b11-9+. The first-order chi connectivity index (χ1) is 6.52. The van der Waals surface area contributed by atoms with E-state index < -0.39 is 8.07 Å². The summed E-state index contributed by atoms with van der Waals surface area (Å²) in [6.45, 7) is 12.0. The molecule has 1 unspecified atom stereocenters. The van der Waals surface area contributed by atoms with E-state index in [0.29, 0.717) is 0 Å². The van der Waals surface area contributed by atoms with Crippen molar-refractivity contribution in [2.45, 2.75) is 71.1 Å². The van der Waals surface area contributed by atoms with Gasteiger partial charge in [-0.2, -0.15) is 0 Å². The molecular weight excluding hydrogens is 184 g/mol. The second-order valence-electron chi connectivity index (χ2n) is 5.30. The second-order valence-corrected chi connectivity index (χ2v) is 10.8. The molecule has 0 radical (unpaired) electrons. The third-order valence-electron chi connectivity index (χ3n) is 2.84. The molecule has 14 heavy (non-hydrogen) atoms. The van der Waals surface area contributed by atoms with Gasteiger partial charge in [-0.25, -0.2) is 0 Å². The van der Waals surface area contributed by atoms with Crippen LogP contribution in [-0.4, -0.2) is 8.07 Å². The first-order valence-corrected chi connectivity index (χ1v) is 9.76. The summed E-state index contributed by atoms with van der Waals surface area (Å²) in [7, 11) is -0.961. The first kappa shape index (κ1) is 14.0. The molecule has 0 aliphatic carbocycles. The van der Waals surface area contributed by atoms with Gasteiger partial charge in [-0.15, -0.1) is 0 Å². The number of unbranched alkanes of at least 4 members (excludes halogenated alkanes) is 2. The van der Waals surface area contributed by atoms with E-state index in [1.54, 1.807) is 0 Å². The van der Waals surface area contributed by atoms with Crippen LogP contribution in [-0.2, 0) is 0 Å². The molecule has 1 heteroatoms. The van der Waals surface area contributed by atoms with E-state index in [1.807, 2.05) is 0 Å². The van der Waals surface area contributed by atoms with Gasteiger partial charge in [0, 0.05) is 0 Å². The molecule has 0 aliphatic rings. The normalized spacial score (nSPS) is 14.9. The zero-order valence-corrected chi connectivity index (χ0v) is 11.8. The molecule has 0 nitrogen and oxygen atoms in total. The Morgan fingerprint density at radius 3 is 2.14 bits per heavy atom. The van der Waals surface area contributed by atoms with Crippen LogP contribution in [0.1, 0.15) is 46.0 Å². The highest BCUT2D eigenvalue weighted by molar-refractivity contribution is 6.78. The lowest BCUT2D eigenvalue weighted by Crippen LogP contribution is -2.26. The molecule has 84 valence electrons. The van der Waals surface area contributed by atoms with Gasteiger partial charge in [0.2, 0.25) is 0 Å². The largest absolute Gasteiger partial charge is 0.0888 e. The van der Waals surface area contributed by atoms with Crippen molar-refractivity contribution in [3.63, 3.8) is 0 Å². The van der Waals surface area contributed by atoms with Crippen LogP contribution in [0.15, 0.2) is 12.2 Å². The highest BCUT2D eigenvalue weighted by Crippen LogP contribution is 2.29. The van der Waals surface area contributed by atoms with Crippen molar-refractivity contribution in [3.8, 4) is 0 Å². The molecule has 0 aromatic heterocycles. The maximum Gasteiger partial charge on any atom is 0.0513 e. The van der Waals surface area contributed by atoms with Crippen LogP contribution in [0.5, 0.6) is 0 Å². The summed E-state index contributed by atoms with van der Waals surface area (Å²) in [5.41, 5.74) is 0.897. The predicted molar refractivity (Wildman–Crippen MR) is 70.7 cm³/mol. The average Bonchev–Trinajstić information content (AvgIpc) is 2.09. The van der Waals surface area contributed by atoms with E-state index in [-0.39, 0.29) is 0 Å². The molecular formula is C13H28Si. The number of hydrogen-bond acceptors (Lipinski definition) is 0. The predicted octanol–water partition coefficient (Wildman–Crippen LogP) is 5.24. The van der Waals surface area contributed by atoms with Crippen molar-refractivity contribution < 1.29 is 0 Å². The van der Waals surface area contributed by atoms with Gasteiger partial charge in [0.1, 0.15) is 0 Å². The summed E-state index contributed by atoms with van der Waals surface area (Å²) < 4.78 is 0. The maximum atomic E-state index is 2.49. The molecule has 0 aromatic carbocycles. The summed E-state index contributed by atoms with van der Waals surface area (Å²) in [6.07, 6.45) is 11.6. The minimum atomic E-state index is -0.961. The van der Waals surface area contributed by atoms with Gasteiger partial charge >= 0.3 is 0 Å². The monoisotopic (exact) mass is 212 g/mol. The zero-order valence-electron chi connectivity index (χ0n) is 10.8. The Bertz CT molecular complexity index is 153. The van der Waals surface area contributed by atoms with Crippen LogP contribution in [0.25, 0.3) is 0 Å². The van der Waals surface area contributed by atoms with Crippen molar-refractivity contribution in [2.75, 3.05) is 0 Å². The van der Waals surface area contributed by atoms with E-state index in [1.165, 1.54) is 32.1 Å². The lowest BCUT2D eigenvalue weighted by atomic mass is 10.1. The Morgan fingerprint density at radius 2 is 1.71 bits per heavy atom. The van der Waals surface area contributed by atoms with Crippen molar-refractivity contribution in [3.05, 3.63) is 12.2 Å². The van der Waals surface area contributed by atoms with Gasteiger partial charge in [-0.1, -0.05) is 64.9 Å². The SMILES string of the molecule is CC/C=C/C(CCCCC)[Si](C)(C)C. The zero-order chi connectivity index (χ0) is 11.0. The summed E-state index contributed by atoms with van der Waals surface area (Å²) in [5, 5.41) is 0. The molecule has 0 rings (SSSR count). The Kier molecular flexibility index (Phi) is 7.25. The molecule has 0 bridgehead atoms. The lowest BCUT2D eigenvalue weighted by Gasteiger charge is -2.26. The minimum absolute atomic E-state index is 0.897. The van der Waals surface area contributed by atoms with Crippen LogP contribution in [0.2, 0.25) is 25.2 Å². The average molecular weight is 212 g/mol. The Balaban J connectivity index is 4.05. The molecule has 0 spiro atoms. The third-order valence-corrected chi connectivity index (χ3v) is 5.54. The Hall–Kier alpha value is -0.0431. The molecule has 0 saturated heterocycles. The first-order valence-electron chi connectivity index (χ1n) is 6.19.